The van der Waals surface area contributed by atoms with Crippen LogP contribution in [0.15, 0.2) is 17.2 Å². The molecule has 1 aromatic rings. The Labute approximate surface area is 125 Å². The first-order chi connectivity index (χ1) is 8.74. The van der Waals surface area contributed by atoms with Crippen LogP contribution in [0.5, 0.6) is 0 Å². The molecular weight excluding hydrogens is 331 g/mol. The fourth-order valence-electron chi connectivity index (χ4n) is 1.20. The van der Waals surface area contributed by atoms with Crippen LogP contribution in [0.1, 0.15) is 13.3 Å². The van der Waals surface area contributed by atoms with Crippen LogP contribution in [0.25, 0.3) is 0 Å². The molecule has 1 heterocycles. The molecule has 1 aromatic heterocycles. The molecule has 1 N–H and O–H groups in total. The maximum Gasteiger partial charge on any atom is 0.242 e. The Balaban J connectivity index is 2.71. The number of nitrogens with one attached hydrogen (secondary N) is 1. The Morgan fingerprint density at radius 3 is 2.63 bits per heavy atom. The number of hydrogen-bond acceptors (Lipinski definition) is 4. The molecular formula is C10H14Cl2N2O3S2. The Hall–Kier alpha value is -0.210. The van der Waals surface area contributed by atoms with Crippen LogP contribution in [0.4, 0.5) is 0 Å². The quantitative estimate of drug-likeness (QED) is 0.798. The fraction of sp³-hybridized carbons (Fsp3) is 0.500. The van der Waals surface area contributed by atoms with E-state index in [0.717, 1.165) is 6.20 Å². The van der Waals surface area contributed by atoms with Crippen LogP contribution >= 0.6 is 23.2 Å². The van der Waals surface area contributed by atoms with Crippen LogP contribution in [0.2, 0.25) is 10.2 Å². The van der Waals surface area contributed by atoms with Crippen molar-refractivity contribution in [2.45, 2.75) is 23.5 Å². The van der Waals surface area contributed by atoms with Gasteiger partial charge in [0.05, 0.1) is 5.02 Å². The van der Waals surface area contributed by atoms with Crippen molar-refractivity contribution in [1.29, 1.82) is 0 Å². The minimum atomic E-state index is -3.68. The number of rotatable bonds is 6. The molecule has 0 radical (unpaired) electrons. The summed E-state index contributed by atoms with van der Waals surface area (Å²) >= 11 is 11.3. The molecule has 19 heavy (non-hydrogen) atoms. The molecule has 0 saturated carbocycles. The molecule has 0 amide bonds. The number of sulfonamides is 1. The first-order valence-electron chi connectivity index (χ1n) is 5.37. The molecule has 108 valence electrons. The van der Waals surface area contributed by atoms with Crippen molar-refractivity contribution >= 4 is 44.0 Å². The van der Waals surface area contributed by atoms with Gasteiger partial charge < -0.3 is 0 Å². The zero-order chi connectivity index (χ0) is 14.6. The number of hydrogen-bond donors (Lipinski definition) is 1. The summed E-state index contributed by atoms with van der Waals surface area (Å²) < 4.78 is 37.4. The van der Waals surface area contributed by atoms with Crippen LogP contribution in [0, 0.1) is 0 Å². The highest BCUT2D eigenvalue weighted by Gasteiger charge is 2.16. The topological polar surface area (TPSA) is 76.1 Å². The van der Waals surface area contributed by atoms with Crippen molar-refractivity contribution in [3.05, 3.63) is 22.4 Å². The van der Waals surface area contributed by atoms with Gasteiger partial charge in [-0.1, -0.05) is 30.1 Å². The van der Waals surface area contributed by atoms with E-state index in [1.807, 2.05) is 0 Å². The summed E-state index contributed by atoms with van der Waals surface area (Å²) in [6.45, 7) is 1.99. The SMILES string of the molecule is CC(CCNS(=O)(=O)c1cnc(Cl)c(Cl)c1)S(C)=O. The molecule has 9 heteroatoms. The number of aromatic nitrogens is 1. The van der Waals surface area contributed by atoms with Crippen molar-refractivity contribution in [2.24, 2.45) is 0 Å². The summed E-state index contributed by atoms with van der Waals surface area (Å²) in [7, 11) is -4.65. The summed E-state index contributed by atoms with van der Waals surface area (Å²) in [6, 6.07) is 1.24. The highest BCUT2D eigenvalue weighted by atomic mass is 35.5. The minimum Gasteiger partial charge on any atom is -0.260 e. The Bertz CT molecular complexity index is 578. The molecule has 0 bridgehead atoms. The van der Waals surface area contributed by atoms with Gasteiger partial charge in [-0.2, -0.15) is 0 Å². The summed E-state index contributed by atoms with van der Waals surface area (Å²) in [6.07, 6.45) is 3.21. The van der Waals surface area contributed by atoms with Gasteiger partial charge >= 0.3 is 0 Å². The van der Waals surface area contributed by atoms with Crippen LogP contribution < -0.4 is 4.72 Å². The molecule has 5 nitrogen and oxygen atoms in total. The Morgan fingerprint density at radius 1 is 1.47 bits per heavy atom. The maximum absolute atomic E-state index is 11.9. The molecule has 1 rings (SSSR count). The van der Waals surface area contributed by atoms with Gasteiger partial charge in [0.1, 0.15) is 10.0 Å². The zero-order valence-corrected chi connectivity index (χ0v) is 13.5. The highest BCUT2D eigenvalue weighted by Crippen LogP contribution is 2.21. The molecule has 0 spiro atoms. The van der Waals surface area contributed by atoms with Crippen LogP contribution in [-0.2, 0) is 20.8 Å². The molecule has 0 aliphatic heterocycles. The van der Waals surface area contributed by atoms with Gasteiger partial charge in [-0.05, 0) is 12.5 Å². The van der Waals surface area contributed by atoms with Crippen molar-refractivity contribution in [2.75, 3.05) is 12.8 Å². The molecule has 0 aliphatic rings. The summed E-state index contributed by atoms with van der Waals surface area (Å²) in [4.78, 5) is 3.63. The van der Waals surface area contributed by atoms with E-state index < -0.39 is 20.8 Å². The van der Waals surface area contributed by atoms with E-state index in [-0.39, 0.29) is 26.9 Å². The van der Waals surface area contributed by atoms with Crippen molar-refractivity contribution in [3.63, 3.8) is 0 Å². The minimum absolute atomic E-state index is 0.0489. The zero-order valence-electron chi connectivity index (χ0n) is 10.4. The van der Waals surface area contributed by atoms with Crippen molar-refractivity contribution < 1.29 is 12.6 Å². The fourth-order valence-corrected chi connectivity index (χ4v) is 3.00. The average Bonchev–Trinajstić information content (AvgIpc) is 2.32. The van der Waals surface area contributed by atoms with Crippen molar-refractivity contribution in [1.82, 2.24) is 9.71 Å². The predicted molar refractivity (Wildman–Crippen MR) is 77.6 cm³/mol. The lowest BCUT2D eigenvalue weighted by Crippen LogP contribution is -2.27. The van der Waals surface area contributed by atoms with Crippen LogP contribution in [-0.4, -0.2) is 35.7 Å². The van der Waals surface area contributed by atoms with Gasteiger partial charge in [0.25, 0.3) is 0 Å². The number of pyridine rings is 1. The molecule has 0 aliphatic carbocycles. The third-order valence-corrected chi connectivity index (χ3v) is 5.97. The molecule has 0 saturated heterocycles. The normalized spacial score (nSPS) is 15.2. The molecule has 0 aromatic carbocycles. The van der Waals surface area contributed by atoms with Crippen molar-refractivity contribution in [3.8, 4) is 0 Å². The second kappa shape index (κ2) is 6.99. The smallest absolute Gasteiger partial charge is 0.242 e. The lowest BCUT2D eigenvalue weighted by molar-refractivity contribution is 0.577. The van der Waals surface area contributed by atoms with Gasteiger partial charge in [0.15, 0.2) is 0 Å². The van der Waals surface area contributed by atoms with Gasteiger partial charge in [0.2, 0.25) is 10.0 Å². The van der Waals surface area contributed by atoms with Gasteiger partial charge in [-0.15, -0.1) is 0 Å². The lowest BCUT2D eigenvalue weighted by atomic mass is 10.3. The van der Waals surface area contributed by atoms with E-state index in [9.17, 15) is 12.6 Å². The summed E-state index contributed by atoms with van der Waals surface area (Å²) in [5, 5.41) is 0.0535. The summed E-state index contributed by atoms with van der Waals surface area (Å²) in [5.74, 6) is 0. The van der Waals surface area contributed by atoms with E-state index >= 15 is 0 Å². The molecule has 0 fully saturated rings. The first-order valence-corrected chi connectivity index (χ1v) is 9.23. The monoisotopic (exact) mass is 344 g/mol. The predicted octanol–water partition coefficient (Wildman–Crippen LogP) is 1.82. The van der Waals surface area contributed by atoms with E-state index in [4.69, 9.17) is 23.2 Å². The standard InChI is InChI=1S/C10H14Cl2N2O3S2/c1-7(18(2)15)3-4-14-19(16,17)8-5-9(11)10(12)13-6-8/h5-7,14H,3-4H2,1-2H3. The second-order valence-corrected chi connectivity index (χ2v) is 8.27. The molecule has 2 atom stereocenters. The van der Waals surface area contributed by atoms with E-state index in [1.165, 1.54) is 6.07 Å². The number of nitrogens with zero attached hydrogens (tertiary/aromatic N) is 1. The maximum atomic E-state index is 11.9. The highest BCUT2D eigenvalue weighted by molar-refractivity contribution is 7.89. The summed E-state index contributed by atoms with van der Waals surface area (Å²) in [5.41, 5.74) is 0. The Kier molecular flexibility index (Phi) is 6.19. The third-order valence-electron chi connectivity index (χ3n) is 2.49. The Morgan fingerprint density at radius 2 is 2.11 bits per heavy atom. The third kappa shape index (κ3) is 5.00. The van der Waals surface area contributed by atoms with E-state index in [2.05, 4.69) is 9.71 Å². The van der Waals surface area contributed by atoms with Gasteiger partial charge in [-0.3, -0.25) is 4.21 Å². The van der Waals surface area contributed by atoms with Gasteiger partial charge in [-0.25, -0.2) is 18.1 Å². The largest absolute Gasteiger partial charge is 0.260 e. The number of halogens is 2. The van der Waals surface area contributed by atoms with Crippen LogP contribution in [0.3, 0.4) is 0 Å². The van der Waals surface area contributed by atoms with Gasteiger partial charge in [0, 0.05) is 35.0 Å². The average molecular weight is 345 g/mol. The molecule has 2 unspecified atom stereocenters. The first kappa shape index (κ1) is 16.8. The van der Waals surface area contributed by atoms with E-state index in [0.29, 0.717) is 6.42 Å². The van der Waals surface area contributed by atoms with E-state index in [1.54, 1.807) is 13.2 Å². The lowest BCUT2D eigenvalue weighted by Gasteiger charge is -2.10. The second-order valence-electron chi connectivity index (χ2n) is 3.94.